The lowest BCUT2D eigenvalue weighted by atomic mass is 9.79. The van der Waals surface area contributed by atoms with Crippen LogP contribution in [-0.4, -0.2) is 29.4 Å². The summed E-state index contributed by atoms with van der Waals surface area (Å²) < 4.78 is 0. The molecule has 3 rings (SSSR count). The van der Waals surface area contributed by atoms with Crippen molar-refractivity contribution in [3.05, 3.63) is 0 Å². The van der Waals surface area contributed by atoms with Gasteiger partial charge in [-0.1, -0.05) is 6.92 Å². The molecule has 2 saturated heterocycles. The first-order valence-electron chi connectivity index (χ1n) is 5.78. The molecular formula is C11H20N2O. The highest BCUT2D eigenvalue weighted by Gasteiger charge is 2.37. The first-order valence-corrected chi connectivity index (χ1v) is 5.78. The van der Waals surface area contributed by atoms with E-state index in [0.29, 0.717) is 6.04 Å². The molecule has 2 bridgehead atoms. The molecular weight excluding hydrogens is 176 g/mol. The molecule has 1 saturated carbocycles. The molecule has 0 aromatic rings. The van der Waals surface area contributed by atoms with E-state index in [1.54, 1.807) is 0 Å². The van der Waals surface area contributed by atoms with Crippen molar-refractivity contribution in [1.82, 2.24) is 4.90 Å². The third kappa shape index (κ3) is 1.65. The Kier molecular flexibility index (Phi) is 2.77. The van der Waals surface area contributed by atoms with Crippen LogP contribution < -0.4 is 5.73 Å². The van der Waals surface area contributed by atoms with Crippen LogP contribution >= 0.6 is 0 Å². The van der Waals surface area contributed by atoms with E-state index in [9.17, 15) is 4.79 Å². The Morgan fingerprint density at radius 2 is 2.07 bits per heavy atom. The summed E-state index contributed by atoms with van der Waals surface area (Å²) in [6.45, 7) is 2.95. The van der Waals surface area contributed by atoms with Crippen LogP contribution in [0.5, 0.6) is 0 Å². The van der Waals surface area contributed by atoms with E-state index in [1.807, 2.05) is 11.8 Å². The number of nitrogens with two attached hydrogens (primary N) is 1. The van der Waals surface area contributed by atoms with Crippen LogP contribution in [0, 0.1) is 5.92 Å². The van der Waals surface area contributed by atoms with Gasteiger partial charge in [-0.05, 0) is 38.0 Å². The van der Waals surface area contributed by atoms with Crippen molar-refractivity contribution in [3.8, 4) is 0 Å². The van der Waals surface area contributed by atoms with E-state index in [0.717, 1.165) is 18.9 Å². The van der Waals surface area contributed by atoms with Gasteiger partial charge in [0, 0.05) is 12.6 Å². The summed E-state index contributed by atoms with van der Waals surface area (Å²) in [6, 6.07) is 0.236. The van der Waals surface area contributed by atoms with E-state index >= 15 is 0 Å². The zero-order chi connectivity index (χ0) is 10.1. The average molecular weight is 196 g/mol. The number of carbonyl (C=O) groups is 1. The van der Waals surface area contributed by atoms with Gasteiger partial charge in [-0.3, -0.25) is 4.79 Å². The molecule has 0 spiro atoms. The summed E-state index contributed by atoms with van der Waals surface area (Å²) in [4.78, 5) is 14.0. The normalized spacial score (nSPS) is 33.1. The summed E-state index contributed by atoms with van der Waals surface area (Å²) in [5.74, 6) is 0.940. The second-order valence-electron chi connectivity index (χ2n) is 4.68. The van der Waals surface area contributed by atoms with Gasteiger partial charge in [0.15, 0.2) is 0 Å². The standard InChI is InChI=1S/C11H20N2O/c1-2-10(12)11(14)13-7-8-3-5-9(13)6-4-8/h8-10H,2-7,12H2,1H3. The maximum atomic E-state index is 11.9. The topological polar surface area (TPSA) is 46.3 Å². The van der Waals surface area contributed by atoms with Gasteiger partial charge in [0.1, 0.15) is 0 Å². The first kappa shape index (κ1) is 9.97. The lowest BCUT2D eigenvalue weighted by Crippen LogP contribution is -2.55. The van der Waals surface area contributed by atoms with Crippen LogP contribution in [0.1, 0.15) is 39.0 Å². The van der Waals surface area contributed by atoms with Crippen molar-refractivity contribution >= 4 is 5.91 Å². The molecule has 0 aromatic heterocycles. The molecule has 1 unspecified atom stereocenters. The lowest BCUT2D eigenvalue weighted by Gasteiger charge is -2.46. The Hall–Kier alpha value is -0.570. The van der Waals surface area contributed by atoms with Crippen LogP contribution in [0.15, 0.2) is 0 Å². The highest BCUT2D eigenvalue weighted by molar-refractivity contribution is 5.82. The average Bonchev–Trinajstić information content (AvgIpc) is 2.28. The molecule has 3 heteroatoms. The molecule has 0 aromatic carbocycles. The minimum Gasteiger partial charge on any atom is -0.338 e. The Bertz CT molecular complexity index is 221. The molecule has 1 aliphatic carbocycles. The monoisotopic (exact) mass is 196 g/mol. The first-order chi connectivity index (χ1) is 6.72. The van der Waals surface area contributed by atoms with Crippen molar-refractivity contribution in [2.45, 2.75) is 51.1 Å². The van der Waals surface area contributed by atoms with Gasteiger partial charge < -0.3 is 10.6 Å². The van der Waals surface area contributed by atoms with E-state index in [-0.39, 0.29) is 11.9 Å². The second kappa shape index (κ2) is 3.89. The second-order valence-corrected chi connectivity index (χ2v) is 4.68. The van der Waals surface area contributed by atoms with Gasteiger partial charge in [0.2, 0.25) is 5.91 Å². The summed E-state index contributed by atoms with van der Waals surface area (Å²) >= 11 is 0. The zero-order valence-corrected chi connectivity index (χ0v) is 8.91. The fourth-order valence-electron chi connectivity index (χ4n) is 2.72. The van der Waals surface area contributed by atoms with Gasteiger partial charge in [0.05, 0.1) is 6.04 Å². The minimum atomic E-state index is -0.269. The Morgan fingerprint density at radius 3 is 2.50 bits per heavy atom. The maximum Gasteiger partial charge on any atom is 0.239 e. The molecule has 3 fully saturated rings. The number of nitrogens with zero attached hydrogens (tertiary/aromatic N) is 1. The zero-order valence-electron chi connectivity index (χ0n) is 8.91. The highest BCUT2D eigenvalue weighted by atomic mass is 16.2. The number of rotatable bonds is 2. The number of fused-ring (bicyclic) bond motifs is 3. The van der Waals surface area contributed by atoms with Crippen molar-refractivity contribution in [1.29, 1.82) is 0 Å². The Balaban J connectivity index is 2.01. The Morgan fingerprint density at radius 1 is 1.43 bits per heavy atom. The maximum absolute atomic E-state index is 11.9. The number of hydrogen-bond acceptors (Lipinski definition) is 2. The van der Waals surface area contributed by atoms with Crippen molar-refractivity contribution in [2.24, 2.45) is 11.7 Å². The van der Waals surface area contributed by atoms with Gasteiger partial charge in [-0.25, -0.2) is 0 Å². The van der Waals surface area contributed by atoms with Gasteiger partial charge in [-0.15, -0.1) is 0 Å². The molecule has 3 nitrogen and oxygen atoms in total. The molecule has 3 aliphatic rings. The van der Waals surface area contributed by atoms with Crippen LogP contribution in [-0.2, 0) is 4.79 Å². The predicted molar refractivity (Wildman–Crippen MR) is 55.7 cm³/mol. The van der Waals surface area contributed by atoms with Crippen LogP contribution in [0.3, 0.4) is 0 Å². The van der Waals surface area contributed by atoms with Gasteiger partial charge in [0.25, 0.3) is 0 Å². The number of piperidine rings is 2. The number of amides is 1. The van der Waals surface area contributed by atoms with Crippen LogP contribution in [0.2, 0.25) is 0 Å². The molecule has 14 heavy (non-hydrogen) atoms. The number of hydrogen-bond donors (Lipinski definition) is 1. The molecule has 80 valence electrons. The molecule has 0 radical (unpaired) electrons. The summed E-state index contributed by atoms with van der Waals surface area (Å²) in [7, 11) is 0. The molecule has 1 amide bonds. The predicted octanol–water partition coefficient (Wildman–Crippen LogP) is 1.12. The molecule has 2 heterocycles. The fourth-order valence-corrected chi connectivity index (χ4v) is 2.72. The molecule has 1 atom stereocenters. The van der Waals surface area contributed by atoms with E-state index in [4.69, 9.17) is 5.73 Å². The van der Waals surface area contributed by atoms with Crippen molar-refractivity contribution < 1.29 is 4.79 Å². The fraction of sp³-hybridized carbons (Fsp3) is 0.909. The van der Waals surface area contributed by atoms with Gasteiger partial charge in [-0.2, -0.15) is 0 Å². The third-order valence-corrected chi connectivity index (χ3v) is 3.75. The summed E-state index contributed by atoms with van der Waals surface area (Å²) in [5, 5.41) is 0. The third-order valence-electron chi connectivity index (χ3n) is 3.75. The molecule has 2 aliphatic heterocycles. The van der Waals surface area contributed by atoms with Crippen molar-refractivity contribution in [2.75, 3.05) is 6.54 Å². The van der Waals surface area contributed by atoms with Gasteiger partial charge >= 0.3 is 0 Å². The highest BCUT2D eigenvalue weighted by Crippen LogP contribution is 2.34. The smallest absolute Gasteiger partial charge is 0.239 e. The summed E-state index contributed by atoms with van der Waals surface area (Å²) in [6.07, 6.45) is 5.79. The van der Waals surface area contributed by atoms with Crippen LogP contribution in [0.4, 0.5) is 0 Å². The summed E-state index contributed by atoms with van der Waals surface area (Å²) in [5.41, 5.74) is 5.79. The molecule has 2 N–H and O–H groups in total. The van der Waals surface area contributed by atoms with Crippen molar-refractivity contribution in [3.63, 3.8) is 0 Å². The SMILES string of the molecule is CCC(N)C(=O)N1CC2CCC1CC2. The Labute approximate surface area is 85.6 Å². The number of carbonyl (C=O) groups excluding carboxylic acids is 1. The minimum absolute atomic E-state index is 0.182. The van der Waals surface area contributed by atoms with E-state index in [1.165, 1.54) is 25.7 Å². The van der Waals surface area contributed by atoms with E-state index in [2.05, 4.69) is 0 Å². The quantitative estimate of drug-likeness (QED) is 0.719. The van der Waals surface area contributed by atoms with E-state index < -0.39 is 0 Å². The largest absolute Gasteiger partial charge is 0.338 e. The lowest BCUT2D eigenvalue weighted by molar-refractivity contribution is -0.140. The van der Waals surface area contributed by atoms with Crippen LogP contribution in [0.25, 0.3) is 0 Å².